The molecule has 0 heterocycles. The molecule has 94 valence electrons. The van der Waals surface area contributed by atoms with Crippen LogP contribution in [0.4, 0.5) is 0 Å². The van der Waals surface area contributed by atoms with E-state index in [1.165, 1.54) is 22.3 Å². The maximum atomic E-state index is 3.94. The smallest absolute Gasteiger partial charge is 0.0324 e. The molecule has 0 amide bonds. The Bertz CT molecular complexity index is 520. The molecule has 0 aromatic carbocycles. The summed E-state index contributed by atoms with van der Waals surface area (Å²) in [4.78, 5) is 0. The van der Waals surface area contributed by atoms with Crippen LogP contribution in [-0.2, 0) is 0 Å². The Kier molecular flexibility index (Phi) is 4.56. The Morgan fingerprint density at radius 3 is 2.44 bits per heavy atom. The lowest BCUT2D eigenvalue weighted by atomic mass is 9.80. The van der Waals surface area contributed by atoms with Gasteiger partial charge < -0.3 is 0 Å². The summed E-state index contributed by atoms with van der Waals surface area (Å²) < 4.78 is 0. The summed E-state index contributed by atoms with van der Waals surface area (Å²) in [5.74, 6) is 0. The lowest BCUT2D eigenvalue weighted by Crippen LogP contribution is -2.12. The lowest BCUT2D eigenvalue weighted by molar-refractivity contribution is 0.578. The molecule has 0 fully saturated rings. The molecule has 18 heavy (non-hydrogen) atoms. The normalized spacial score (nSPS) is 18.4. The second-order valence-corrected chi connectivity index (χ2v) is 4.87. The molecule has 2 aliphatic carbocycles. The highest BCUT2D eigenvalue weighted by molar-refractivity contribution is 5.65. The third kappa shape index (κ3) is 2.27. The highest BCUT2D eigenvalue weighted by atomic mass is 14.4. The number of fused-ring (bicyclic) bond motifs is 1. The van der Waals surface area contributed by atoms with Gasteiger partial charge in [-0.15, -0.1) is 6.58 Å². The van der Waals surface area contributed by atoms with Gasteiger partial charge in [-0.05, 0) is 42.2 Å². The molecule has 2 aliphatic rings. The fourth-order valence-electron chi connectivity index (χ4n) is 2.55. The van der Waals surface area contributed by atoms with Crippen LogP contribution in [0.15, 0.2) is 71.2 Å². The number of rotatable bonds is 2. The van der Waals surface area contributed by atoms with E-state index < -0.39 is 0 Å². The zero-order valence-electron chi connectivity index (χ0n) is 11.9. The quantitative estimate of drug-likeness (QED) is 0.453. The van der Waals surface area contributed by atoms with Gasteiger partial charge in [0, 0.05) is 11.0 Å². The highest BCUT2D eigenvalue weighted by Gasteiger charge is 2.38. The van der Waals surface area contributed by atoms with Crippen molar-refractivity contribution in [2.75, 3.05) is 0 Å². The summed E-state index contributed by atoms with van der Waals surface area (Å²) in [5.41, 5.74) is 11.7. The average molecular weight is 238 g/mol. The third-order valence-corrected chi connectivity index (χ3v) is 3.33. The van der Waals surface area contributed by atoms with Gasteiger partial charge in [0.1, 0.15) is 0 Å². The monoisotopic (exact) mass is 238 g/mol. The summed E-state index contributed by atoms with van der Waals surface area (Å²) in [6, 6.07) is 0. The van der Waals surface area contributed by atoms with E-state index in [9.17, 15) is 0 Å². The van der Waals surface area contributed by atoms with E-state index in [0.29, 0.717) is 0 Å². The SMILES string of the molecule is C=CC.C=CC1=C(CC)C2=C=C=CC=C2C1(C)C. The number of allylic oxidation sites excluding steroid dienone is 8. The van der Waals surface area contributed by atoms with Crippen LogP contribution in [0.1, 0.15) is 34.1 Å². The van der Waals surface area contributed by atoms with E-state index in [4.69, 9.17) is 0 Å². The van der Waals surface area contributed by atoms with Crippen LogP contribution in [0.3, 0.4) is 0 Å². The fraction of sp³-hybridized carbons (Fsp3) is 0.333. The summed E-state index contributed by atoms with van der Waals surface area (Å²) in [6.45, 7) is 15.9. The molecule has 0 atom stereocenters. The van der Waals surface area contributed by atoms with Gasteiger partial charge in [0.25, 0.3) is 0 Å². The minimum atomic E-state index is 0.0774. The summed E-state index contributed by atoms with van der Waals surface area (Å²) in [7, 11) is 0. The molecule has 0 saturated carbocycles. The Labute approximate surface area is 111 Å². The Morgan fingerprint density at radius 2 is 1.94 bits per heavy atom. The maximum Gasteiger partial charge on any atom is 0.0324 e. The van der Waals surface area contributed by atoms with Crippen molar-refractivity contribution in [3.05, 3.63) is 71.2 Å². The van der Waals surface area contributed by atoms with Gasteiger partial charge in [-0.1, -0.05) is 51.0 Å². The van der Waals surface area contributed by atoms with Crippen LogP contribution in [0.5, 0.6) is 0 Å². The van der Waals surface area contributed by atoms with Crippen LogP contribution in [0, 0.1) is 5.41 Å². The van der Waals surface area contributed by atoms with Crippen molar-refractivity contribution in [3.63, 3.8) is 0 Å². The molecule has 0 aromatic heterocycles. The van der Waals surface area contributed by atoms with Crippen molar-refractivity contribution in [1.82, 2.24) is 0 Å². The molecule has 0 bridgehead atoms. The molecular formula is C18H22. The van der Waals surface area contributed by atoms with Crippen LogP contribution >= 0.6 is 0 Å². The van der Waals surface area contributed by atoms with E-state index in [0.717, 1.165) is 6.42 Å². The Balaban J connectivity index is 0.000000492. The van der Waals surface area contributed by atoms with Gasteiger partial charge in [0.05, 0.1) is 0 Å². The molecule has 0 unspecified atom stereocenters. The highest BCUT2D eigenvalue weighted by Crippen LogP contribution is 2.51. The molecule has 0 spiro atoms. The zero-order chi connectivity index (χ0) is 13.8. The first-order chi connectivity index (χ1) is 8.54. The van der Waals surface area contributed by atoms with Crippen LogP contribution in [0.25, 0.3) is 0 Å². The second kappa shape index (κ2) is 5.74. The molecule has 0 saturated heterocycles. The zero-order valence-corrected chi connectivity index (χ0v) is 11.9. The summed E-state index contributed by atoms with van der Waals surface area (Å²) in [6.07, 6.45) is 8.87. The van der Waals surface area contributed by atoms with Crippen LogP contribution < -0.4 is 0 Å². The van der Waals surface area contributed by atoms with E-state index >= 15 is 0 Å². The number of hydrogen-bond donors (Lipinski definition) is 0. The van der Waals surface area contributed by atoms with Crippen molar-refractivity contribution < 1.29 is 0 Å². The van der Waals surface area contributed by atoms with Gasteiger partial charge in [-0.2, -0.15) is 0 Å². The van der Waals surface area contributed by atoms with Gasteiger partial charge in [-0.3, -0.25) is 0 Å². The van der Waals surface area contributed by atoms with Gasteiger partial charge in [0.2, 0.25) is 0 Å². The predicted octanol–water partition coefficient (Wildman–Crippen LogP) is 5.29. The summed E-state index contributed by atoms with van der Waals surface area (Å²) >= 11 is 0. The maximum absolute atomic E-state index is 3.94. The van der Waals surface area contributed by atoms with Gasteiger partial charge >= 0.3 is 0 Å². The van der Waals surface area contributed by atoms with Crippen LogP contribution in [-0.4, -0.2) is 0 Å². The second-order valence-electron chi connectivity index (χ2n) is 4.87. The van der Waals surface area contributed by atoms with E-state index in [2.05, 4.69) is 51.5 Å². The van der Waals surface area contributed by atoms with Crippen molar-refractivity contribution in [3.8, 4) is 0 Å². The van der Waals surface area contributed by atoms with Gasteiger partial charge in [0.15, 0.2) is 0 Å². The molecule has 2 rings (SSSR count). The van der Waals surface area contributed by atoms with E-state index in [1.54, 1.807) is 6.08 Å². The standard InChI is InChI=1S/C15H16.C3H6/c1-5-11-12-9-7-8-10-14(12)15(3,4)13(11)6-2;1-3-2/h6,8,10H,2,5H2,1,3-4H3;3H,1H2,2H3. The molecule has 0 aliphatic heterocycles. The third-order valence-electron chi connectivity index (χ3n) is 3.33. The first-order valence-corrected chi connectivity index (χ1v) is 6.40. The fourth-order valence-corrected chi connectivity index (χ4v) is 2.55. The van der Waals surface area contributed by atoms with E-state index in [1.807, 2.05) is 19.1 Å². The molecular weight excluding hydrogens is 216 g/mol. The van der Waals surface area contributed by atoms with Crippen molar-refractivity contribution in [2.45, 2.75) is 34.1 Å². The van der Waals surface area contributed by atoms with Crippen molar-refractivity contribution in [2.24, 2.45) is 5.41 Å². The molecule has 0 heteroatoms. The minimum absolute atomic E-state index is 0.0774. The first kappa shape index (κ1) is 14.3. The molecule has 0 N–H and O–H groups in total. The van der Waals surface area contributed by atoms with Crippen molar-refractivity contribution >= 4 is 0 Å². The Hall–Kier alpha value is -1.74. The predicted molar refractivity (Wildman–Crippen MR) is 80.4 cm³/mol. The van der Waals surface area contributed by atoms with Crippen molar-refractivity contribution in [1.29, 1.82) is 0 Å². The van der Waals surface area contributed by atoms with Crippen LogP contribution in [0.2, 0.25) is 0 Å². The summed E-state index contributed by atoms with van der Waals surface area (Å²) in [5, 5.41) is 0. The topological polar surface area (TPSA) is 0 Å². The molecule has 0 radical (unpaired) electrons. The molecule has 0 nitrogen and oxygen atoms in total. The minimum Gasteiger partial charge on any atom is -0.103 e. The van der Waals surface area contributed by atoms with Gasteiger partial charge in [-0.25, -0.2) is 0 Å². The first-order valence-electron chi connectivity index (χ1n) is 6.40. The molecule has 0 aromatic rings. The Morgan fingerprint density at radius 1 is 1.33 bits per heavy atom. The average Bonchev–Trinajstić information content (AvgIpc) is 2.58. The lowest BCUT2D eigenvalue weighted by Gasteiger charge is -2.23. The van der Waals surface area contributed by atoms with E-state index in [-0.39, 0.29) is 5.41 Å². The number of hydrogen-bond acceptors (Lipinski definition) is 0. The largest absolute Gasteiger partial charge is 0.103 e.